The molecule has 0 unspecified atom stereocenters. The number of benzene rings is 2. The standard InChI is InChI=1S/C17H16FN5/c1-12-6-8-14(9-7-12)21-17-22-16(11-20-23-17)19-10-13-4-2-3-5-15(13)18/h2-9,11H,10H2,1H3,(H2,19,21,22,23). The van der Waals surface area contributed by atoms with E-state index in [2.05, 4.69) is 25.8 Å². The number of halogens is 1. The van der Waals surface area contributed by atoms with Crippen LogP contribution in [-0.2, 0) is 6.54 Å². The molecule has 0 aliphatic carbocycles. The average Bonchev–Trinajstić information content (AvgIpc) is 2.57. The van der Waals surface area contributed by atoms with Crippen molar-refractivity contribution in [3.8, 4) is 0 Å². The van der Waals surface area contributed by atoms with Crippen LogP contribution in [0.5, 0.6) is 0 Å². The first kappa shape index (κ1) is 14.9. The zero-order valence-electron chi connectivity index (χ0n) is 12.6. The molecule has 0 spiro atoms. The minimum absolute atomic E-state index is 0.250. The lowest BCUT2D eigenvalue weighted by Gasteiger charge is -2.08. The Morgan fingerprint density at radius 2 is 1.83 bits per heavy atom. The minimum Gasteiger partial charge on any atom is -0.364 e. The van der Waals surface area contributed by atoms with Crippen molar-refractivity contribution in [2.24, 2.45) is 0 Å². The molecule has 3 rings (SSSR count). The van der Waals surface area contributed by atoms with Crippen molar-refractivity contribution in [1.82, 2.24) is 15.2 Å². The molecular weight excluding hydrogens is 293 g/mol. The molecule has 0 fully saturated rings. The van der Waals surface area contributed by atoms with E-state index in [4.69, 9.17) is 0 Å². The zero-order chi connectivity index (χ0) is 16.1. The van der Waals surface area contributed by atoms with Crippen LogP contribution in [-0.4, -0.2) is 15.2 Å². The van der Waals surface area contributed by atoms with Gasteiger partial charge in [-0.2, -0.15) is 10.1 Å². The lowest BCUT2D eigenvalue weighted by molar-refractivity contribution is 0.613. The second-order valence-corrected chi connectivity index (χ2v) is 5.10. The Labute approximate surface area is 133 Å². The highest BCUT2D eigenvalue weighted by Crippen LogP contribution is 2.15. The molecule has 5 nitrogen and oxygen atoms in total. The lowest BCUT2D eigenvalue weighted by Crippen LogP contribution is -2.06. The van der Waals surface area contributed by atoms with Crippen molar-refractivity contribution in [1.29, 1.82) is 0 Å². The molecule has 0 radical (unpaired) electrons. The van der Waals surface area contributed by atoms with E-state index in [1.54, 1.807) is 18.2 Å². The quantitative estimate of drug-likeness (QED) is 0.753. The van der Waals surface area contributed by atoms with Crippen molar-refractivity contribution >= 4 is 17.5 Å². The third-order valence-corrected chi connectivity index (χ3v) is 3.28. The van der Waals surface area contributed by atoms with Gasteiger partial charge in [-0.1, -0.05) is 35.9 Å². The number of aromatic nitrogens is 3. The third-order valence-electron chi connectivity index (χ3n) is 3.28. The van der Waals surface area contributed by atoms with Crippen LogP contribution >= 0.6 is 0 Å². The molecule has 0 atom stereocenters. The van der Waals surface area contributed by atoms with Gasteiger partial charge >= 0.3 is 0 Å². The summed E-state index contributed by atoms with van der Waals surface area (Å²) in [5.41, 5.74) is 2.62. The van der Waals surface area contributed by atoms with Gasteiger partial charge in [-0.05, 0) is 25.1 Å². The van der Waals surface area contributed by atoms with Gasteiger partial charge in [0.1, 0.15) is 5.82 Å². The van der Waals surface area contributed by atoms with E-state index in [9.17, 15) is 4.39 Å². The average molecular weight is 309 g/mol. The molecule has 2 aromatic carbocycles. The summed E-state index contributed by atoms with van der Waals surface area (Å²) < 4.78 is 13.6. The fourth-order valence-corrected chi connectivity index (χ4v) is 2.04. The van der Waals surface area contributed by atoms with Gasteiger partial charge in [0.15, 0.2) is 5.82 Å². The van der Waals surface area contributed by atoms with Crippen LogP contribution in [0.3, 0.4) is 0 Å². The van der Waals surface area contributed by atoms with E-state index in [1.165, 1.54) is 17.8 Å². The Morgan fingerprint density at radius 1 is 1.04 bits per heavy atom. The molecule has 0 aliphatic rings. The summed E-state index contributed by atoms with van der Waals surface area (Å²) in [5, 5.41) is 14.0. The van der Waals surface area contributed by atoms with Gasteiger partial charge in [-0.25, -0.2) is 4.39 Å². The van der Waals surface area contributed by atoms with Crippen LogP contribution in [0.15, 0.2) is 54.7 Å². The van der Waals surface area contributed by atoms with Crippen molar-refractivity contribution in [2.75, 3.05) is 10.6 Å². The van der Waals surface area contributed by atoms with Gasteiger partial charge in [0, 0.05) is 17.8 Å². The molecule has 0 saturated heterocycles. The van der Waals surface area contributed by atoms with E-state index in [1.807, 2.05) is 31.2 Å². The predicted molar refractivity (Wildman–Crippen MR) is 88.0 cm³/mol. The zero-order valence-corrected chi connectivity index (χ0v) is 12.6. The van der Waals surface area contributed by atoms with Crippen LogP contribution in [0.1, 0.15) is 11.1 Å². The highest BCUT2D eigenvalue weighted by Gasteiger charge is 2.04. The number of hydrogen-bond acceptors (Lipinski definition) is 5. The van der Waals surface area contributed by atoms with E-state index < -0.39 is 0 Å². The van der Waals surface area contributed by atoms with Crippen molar-refractivity contribution in [3.05, 3.63) is 71.7 Å². The molecule has 23 heavy (non-hydrogen) atoms. The van der Waals surface area contributed by atoms with Gasteiger partial charge in [-0.3, -0.25) is 0 Å². The first-order chi connectivity index (χ1) is 11.2. The molecule has 0 bridgehead atoms. The molecule has 0 amide bonds. The number of nitrogens with one attached hydrogen (secondary N) is 2. The number of hydrogen-bond donors (Lipinski definition) is 2. The second kappa shape index (κ2) is 6.83. The van der Waals surface area contributed by atoms with E-state index in [0.717, 1.165) is 5.69 Å². The van der Waals surface area contributed by atoms with E-state index >= 15 is 0 Å². The molecule has 1 aromatic heterocycles. The van der Waals surface area contributed by atoms with Gasteiger partial charge in [0.05, 0.1) is 6.20 Å². The maximum atomic E-state index is 13.6. The van der Waals surface area contributed by atoms with E-state index in [0.29, 0.717) is 23.9 Å². The predicted octanol–water partition coefficient (Wildman–Crippen LogP) is 3.67. The Kier molecular flexibility index (Phi) is 4.42. The summed E-state index contributed by atoms with van der Waals surface area (Å²) in [4.78, 5) is 4.32. The molecule has 0 aliphatic heterocycles. The highest BCUT2D eigenvalue weighted by atomic mass is 19.1. The summed E-state index contributed by atoms with van der Waals surface area (Å²) in [6, 6.07) is 14.5. The van der Waals surface area contributed by atoms with Crippen LogP contribution < -0.4 is 10.6 Å². The molecule has 1 heterocycles. The van der Waals surface area contributed by atoms with Crippen LogP contribution in [0, 0.1) is 12.7 Å². The van der Waals surface area contributed by atoms with Gasteiger partial charge in [-0.15, -0.1) is 5.10 Å². The fraction of sp³-hybridized carbons (Fsp3) is 0.118. The second-order valence-electron chi connectivity index (χ2n) is 5.10. The molecule has 2 N–H and O–H groups in total. The molecular formula is C17H16FN5. The fourth-order valence-electron chi connectivity index (χ4n) is 2.04. The van der Waals surface area contributed by atoms with E-state index in [-0.39, 0.29) is 5.82 Å². The number of nitrogens with zero attached hydrogens (tertiary/aromatic N) is 3. The highest BCUT2D eigenvalue weighted by molar-refractivity contribution is 5.54. The molecule has 3 aromatic rings. The topological polar surface area (TPSA) is 62.7 Å². The first-order valence-electron chi connectivity index (χ1n) is 7.21. The van der Waals surface area contributed by atoms with Crippen molar-refractivity contribution < 1.29 is 4.39 Å². The first-order valence-corrected chi connectivity index (χ1v) is 7.21. The summed E-state index contributed by atoms with van der Waals surface area (Å²) in [6.45, 7) is 2.35. The lowest BCUT2D eigenvalue weighted by atomic mass is 10.2. The maximum Gasteiger partial charge on any atom is 0.249 e. The van der Waals surface area contributed by atoms with Crippen LogP contribution in [0.4, 0.5) is 21.8 Å². The van der Waals surface area contributed by atoms with Gasteiger partial charge in [0.25, 0.3) is 0 Å². The number of anilines is 3. The van der Waals surface area contributed by atoms with Gasteiger partial charge < -0.3 is 10.6 Å². The van der Waals surface area contributed by atoms with Crippen LogP contribution in [0.25, 0.3) is 0 Å². The Bertz CT molecular complexity index is 789. The van der Waals surface area contributed by atoms with Gasteiger partial charge in [0.2, 0.25) is 5.95 Å². The summed E-state index contributed by atoms with van der Waals surface area (Å²) in [6.07, 6.45) is 1.50. The smallest absolute Gasteiger partial charge is 0.249 e. The minimum atomic E-state index is -0.250. The van der Waals surface area contributed by atoms with Crippen molar-refractivity contribution in [3.63, 3.8) is 0 Å². The summed E-state index contributed by atoms with van der Waals surface area (Å²) >= 11 is 0. The van der Waals surface area contributed by atoms with Crippen molar-refractivity contribution in [2.45, 2.75) is 13.5 Å². The molecule has 6 heteroatoms. The number of aryl methyl sites for hydroxylation is 1. The van der Waals surface area contributed by atoms with Crippen LogP contribution in [0.2, 0.25) is 0 Å². The molecule has 116 valence electrons. The summed E-state index contributed by atoms with van der Waals surface area (Å²) in [5.74, 6) is 0.658. The SMILES string of the molecule is Cc1ccc(Nc2nncc(NCc3ccccc3F)n2)cc1. The number of rotatable bonds is 5. The maximum absolute atomic E-state index is 13.6. The summed E-state index contributed by atoms with van der Waals surface area (Å²) in [7, 11) is 0. The Morgan fingerprint density at radius 3 is 2.61 bits per heavy atom. The Hall–Kier alpha value is -3.02. The largest absolute Gasteiger partial charge is 0.364 e. The normalized spacial score (nSPS) is 10.3. The third kappa shape index (κ3) is 4.00. The monoisotopic (exact) mass is 309 g/mol. The molecule has 0 saturated carbocycles. The Balaban J connectivity index is 1.67.